The highest BCUT2D eigenvalue weighted by molar-refractivity contribution is 7.99. The number of esters is 1. The van der Waals surface area contributed by atoms with Crippen LogP contribution in [0.15, 0.2) is 72.0 Å². The molecule has 176 valence electrons. The Morgan fingerprint density at radius 2 is 1.71 bits per heavy atom. The number of H-pyrrole nitrogens is 1. The van der Waals surface area contributed by atoms with Crippen molar-refractivity contribution in [3.63, 3.8) is 0 Å². The summed E-state index contributed by atoms with van der Waals surface area (Å²) in [6.07, 6.45) is 1.86. The molecule has 0 fully saturated rings. The van der Waals surface area contributed by atoms with Crippen molar-refractivity contribution in [2.24, 2.45) is 0 Å². The first-order chi connectivity index (χ1) is 16.5. The van der Waals surface area contributed by atoms with E-state index >= 15 is 0 Å². The lowest BCUT2D eigenvalue weighted by molar-refractivity contribution is -0.142. The SMILES string of the molecule is CC(=O)CSc1nc(-c2ccccc2)c(-c2ccccc2)[nH]1.CCOC(=O)Cc1cnc(N)s1. The third-order valence-corrected chi connectivity index (χ3v) is 6.24. The molecule has 0 saturated heterocycles. The highest BCUT2D eigenvalue weighted by Crippen LogP contribution is 2.32. The summed E-state index contributed by atoms with van der Waals surface area (Å²) in [6.45, 7) is 3.78. The maximum absolute atomic E-state index is 11.2. The molecule has 34 heavy (non-hydrogen) atoms. The zero-order valence-corrected chi connectivity index (χ0v) is 20.6. The average molecular weight is 495 g/mol. The summed E-state index contributed by atoms with van der Waals surface area (Å²) in [7, 11) is 0. The van der Waals surface area contributed by atoms with Crippen LogP contribution in [0.3, 0.4) is 0 Å². The molecule has 2 heterocycles. The second kappa shape index (κ2) is 12.7. The van der Waals surface area contributed by atoms with Gasteiger partial charge in [-0.25, -0.2) is 9.97 Å². The standard InChI is InChI=1S/C18H16N2OS.C7H10N2O2S/c1-13(21)12-22-18-19-16(14-8-4-2-5-9-14)17(20-18)15-10-6-3-7-11-15;1-2-11-6(10)3-5-4-9-7(8)12-5/h2-11H,12H2,1H3,(H,19,20);4H,2-3H2,1H3,(H2,8,9). The first-order valence-electron chi connectivity index (χ1n) is 10.6. The Hall–Kier alpha value is -3.43. The van der Waals surface area contributed by atoms with Crippen molar-refractivity contribution in [2.75, 3.05) is 18.1 Å². The van der Waals surface area contributed by atoms with Crippen LogP contribution in [0.4, 0.5) is 5.13 Å². The number of nitrogen functional groups attached to an aromatic ring is 1. The number of thioether (sulfide) groups is 1. The Balaban J connectivity index is 0.000000229. The molecule has 4 rings (SSSR count). The van der Waals surface area contributed by atoms with Crippen LogP contribution < -0.4 is 5.73 Å². The molecular weight excluding hydrogens is 468 g/mol. The van der Waals surface area contributed by atoms with Gasteiger partial charge in [-0.05, 0) is 13.8 Å². The molecule has 2 aromatic carbocycles. The molecule has 7 nitrogen and oxygen atoms in total. The van der Waals surface area contributed by atoms with E-state index in [2.05, 4.69) is 27.1 Å². The van der Waals surface area contributed by atoms with Crippen LogP contribution in [0.5, 0.6) is 0 Å². The molecule has 9 heteroatoms. The predicted molar refractivity (Wildman–Crippen MR) is 138 cm³/mol. The highest BCUT2D eigenvalue weighted by atomic mass is 32.2. The lowest BCUT2D eigenvalue weighted by atomic mass is 10.1. The molecule has 0 atom stereocenters. The normalized spacial score (nSPS) is 10.3. The quantitative estimate of drug-likeness (QED) is 0.254. The minimum absolute atomic E-state index is 0.143. The van der Waals surface area contributed by atoms with E-state index in [1.54, 1.807) is 20.0 Å². The third-order valence-electron chi connectivity index (χ3n) is 4.40. The van der Waals surface area contributed by atoms with Gasteiger partial charge in [0, 0.05) is 22.2 Å². The van der Waals surface area contributed by atoms with Gasteiger partial charge in [-0.2, -0.15) is 0 Å². The monoisotopic (exact) mass is 494 g/mol. The lowest BCUT2D eigenvalue weighted by Crippen LogP contribution is -2.06. The number of aromatic nitrogens is 3. The second-order valence-corrected chi connectivity index (χ2v) is 9.25. The third kappa shape index (κ3) is 7.57. The molecule has 3 N–H and O–H groups in total. The van der Waals surface area contributed by atoms with Gasteiger partial charge in [0.15, 0.2) is 10.3 Å². The Bertz CT molecular complexity index is 1150. The van der Waals surface area contributed by atoms with Gasteiger partial charge < -0.3 is 15.5 Å². The van der Waals surface area contributed by atoms with Gasteiger partial charge in [0.05, 0.1) is 30.2 Å². The van der Waals surface area contributed by atoms with E-state index in [0.717, 1.165) is 32.5 Å². The van der Waals surface area contributed by atoms with E-state index in [0.29, 0.717) is 17.5 Å². The summed E-state index contributed by atoms with van der Waals surface area (Å²) in [4.78, 5) is 34.8. The number of carbonyl (C=O) groups excluding carboxylic acids is 2. The Kier molecular flexibility index (Phi) is 9.42. The number of nitrogens with one attached hydrogen (secondary N) is 1. The van der Waals surface area contributed by atoms with Crippen molar-refractivity contribution < 1.29 is 14.3 Å². The number of carbonyl (C=O) groups is 2. The van der Waals surface area contributed by atoms with Crippen LogP contribution in [-0.4, -0.2) is 39.1 Å². The molecule has 0 radical (unpaired) electrons. The van der Waals surface area contributed by atoms with Crippen molar-refractivity contribution in [1.29, 1.82) is 0 Å². The Morgan fingerprint density at radius 1 is 1.06 bits per heavy atom. The zero-order valence-electron chi connectivity index (χ0n) is 19.0. The first-order valence-corrected chi connectivity index (χ1v) is 12.4. The van der Waals surface area contributed by atoms with Gasteiger partial charge in [0.1, 0.15) is 5.78 Å². The number of ketones is 1. The van der Waals surface area contributed by atoms with Crippen LogP contribution in [0.1, 0.15) is 18.7 Å². The van der Waals surface area contributed by atoms with E-state index < -0.39 is 0 Å². The Labute approximate surface area is 206 Å². The van der Waals surface area contributed by atoms with E-state index in [9.17, 15) is 9.59 Å². The van der Waals surface area contributed by atoms with Gasteiger partial charge in [-0.3, -0.25) is 9.59 Å². The molecule has 0 aliphatic rings. The number of ether oxygens (including phenoxy) is 1. The molecule has 0 unspecified atom stereocenters. The molecule has 0 spiro atoms. The number of aromatic amines is 1. The first kappa shape index (κ1) is 25.2. The van der Waals surface area contributed by atoms with Crippen molar-refractivity contribution in [3.05, 3.63) is 71.7 Å². The number of anilines is 1. The van der Waals surface area contributed by atoms with Crippen molar-refractivity contribution in [3.8, 4) is 22.5 Å². The van der Waals surface area contributed by atoms with Crippen LogP contribution in [0.2, 0.25) is 0 Å². The van der Waals surface area contributed by atoms with Gasteiger partial charge in [-0.1, -0.05) is 72.4 Å². The van der Waals surface area contributed by atoms with E-state index in [4.69, 9.17) is 10.5 Å². The van der Waals surface area contributed by atoms with Gasteiger partial charge in [0.2, 0.25) is 0 Å². The van der Waals surface area contributed by atoms with E-state index in [-0.39, 0.29) is 18.2 Å². The molecule has 2 aromatic heterocycles. The number of imidazole rings is 1. The van der Waals surface area contributed by atoms with Crippen molar-refractivity contribution in [2.45, 2.75) is 25.4 Å². The molecule has 0 amide bonds. The van der Waals surface area contributed by atoms with E-state index in [1.165, 1.54) is 23.1 Å². The predicted octanol–water partition coefficient (Wildman–Crippen LogP) is 5.26. The summed E-state index contributed by atoms with van der Waals surface area (Å²) < 4.78 is 4.75. The summed E-state index contributed by atoms with van der Waals surface area (Å²) in [6, 6.07) is 20.2. The van der Waals surface area contributed by atoms with Gasteiger partial charge >= 0.3 is 5.97 Å². The molecular formula is C25H26N4O3S2. The lowest BCUT2D eigenvalue weighted by Gasteiger charge is -2.02. The number of thiazole rings is 1. The average Bonchev–Trinajstić information content (AvgIpc) is 3.45. The smallest absolute Gasteiger partial charge is 0.311 e. The summed E-state index contributed by atoms with van der Waals surface area (Å²) in [5, 5.41) is 1.25. The fourth-order valence-electron chi connectivity index (χ4n) is 2.97. The number of rotatable bonds is 8. The molecule has 0 bridgehead atoms. The van der Waals surface area contributed by atoms with Crippen LogP contribution >= 0.6 is 23.1 Å². The molecule has 0 saturated carbocycles. The van der Waals surface area contributed by atoms with E-state index in [1.807, 2.05) is 48.5 Å². The second-order valence-electron chi connectivity index (χ2n) is 7.13. The number of hydrogen-bond acceptors (Lipinski definition) is 8. The topological polar surface area (TPSA) is 111 Å². The largest absolute Gasteiger partial charge is 0.466 e. The number of benzene rings is 2. The number of hydrogen-bond donors (Lipinski definition) is 2. The van der Waals surface area contributed by atoms with Crippen molar-refractivity contribution >= 4 is 40.0 Å². The summed E-state index contributed by atoms with van der Waals surface area (Å²) in [5.41, 5.74) is 9.43. The highest BCUT2D eigenvalue weighted by Gasteiger charge is 2.14. The van der Waals surface area contributed by atoms with Crippen molar-refractivity contribution in [1.82, 2.24) is 15.0 Å². The number of Topliss-reactive ketones (excluding diaryl/α,β-unsaturated/α-hetero) is 1. The fourth-order valence-corrected chi connectivity index (χ4v) is 4.31. The zero-order chi connectivity index (χ0) is 24.3. The molecule has 4 aromatic rings. The van der Waals surface area contributed by atoms with Crippen LogP contribution in [0, 0.1) is 0 Å². The van der Waals surface area contributed by atoms with Gasteiger partial charge in [0.25, 0.3) is 0 Å². The minimum atomic E-state index is -0.235. The molecule has 0 aliphatic heterocycles. The maximum Gasteiger partial charge on any atom is 0.311 e. The Morgan fingerprint density at radius 3 is 2.26 bits per heavy atom. The summed E-state index contributed by atoms with van der Waals surface area (Å²) >= 11 is 2.74. The van der Waals surface area contributed by atoms with Crippen LogP contribution in [0.25, 0.3) is 22.5 Å². The summed E-state index contributed by atoms with van der Waals surface area (Å²) in [5.74, 6) is 0.334. The number of nitrogens with zero attached hydrogens (tertiary/aromatic N) is 2. The minimum Gasteiger partial charge on any atom is -0.466 e. The fraction of sp³-hybridized carbons (Fsp3) is 0.200. The van der Waals surface area contributed by atoms with Gasteiger partial charge in [-0.15, -0.1) is 11.3 Å². The van der Waals surface area contributed by atoms with Crippen LogP contribution in [-0.2, 0) is 20.7 Å². The molecule has 0 aliphatic carbocycles. The maximum atomic E-state index is 11.2. The number of nitrogens with two attached hydrogens (primary N) is 1.